The number of nitrogens with zero attached hydrogens (tertiary/aromatic N) is 4. The molecule has 0 saturated carbocycles. The molecular weight excluding hydrogens is 348 g/mol. The highest BCUT2D eigenvalue weighted by atomic mass is 32.1. The molecule has 3 rings (SSSR count). The molecule has 0 aliphatic carbocycles. The van der Waals surface area contributed by atoms with Crippen LogP contribution in [0, 0.1) is 13.8 Å². The topological polar surface area (TPSA) is 97.0 Å². The first-order chi connectivity index (χ1) is 12.5. The number of thiazole rings is 1. The van der Waals surface area contributed by atoms with Gasteiger partial charge in [0.2, 0.25) is 0 Å². The number of para-hydroxylation sites is 1. The SMILES string of the molecule is Cc1cc(N(C)c2ncc(C(=O)Nc3ccccc3CN)s2)nc(C)n1. The van der Waals surface area contributed by atoms with E-state index in [1.54, 1.807) is 6.20 Å². The Labute approximate surface area is 155 Å². The van der Waals surface area contributed by atoms with Gasteiger partial charge in [0.1, 0.15) is 16.5 Å². The van der Waals surface area contributed by atoms with Gasteiger partial charge in [-0.1, -0.05) is 29.5 Å². The predicted molar refractivity (Wildman–Crippen MR) is 104 cm³/mol. The minimum atomic E-state index is -0.210. The van der Waals surface area contributed by atoms with E-state index in [9.17, 15) is 4.79 Å². The fourth-order valence-electron chi connectivity index (χ4n) is 2.50. The Morgan fingerprint density at radius 3 is 2.77 bits per heavy atom. The molecule has 3 aromatic rings. The van der Waals surface area contributed by atoms with Gasteiger partial charge < -0.3 is 16.0 Å². The van der Waals surface area contributed by atoms with E-state index in [-0.39, 0.29) is 5.91 Å². The van der Waals surface area contributed by atoms with Crippen molar-refractivity contribution >= 4 is 33.9 Å². The molecule has 0 radical (unpaired) electrons. The fraction of sp³-hybridized carbons (Fsp3) is 0.222. The van der Waals surface area contributed by atoms with Crippen LogP contribution >= 0.6 is 11.3 Å². The van der Waals surface area contributed by atoms with Crippen molar-refractivity contribution in [2.24, 2.45) is 5.73 Å². The summed E-state index contributed by atoms with van der Waals surface area (Å²) in [6, 6.07) is 9.36. The van der Waals surface area contributed by atoms with Gasteiger partial charge in [0.25, 0.3) is 5.91 Å². The van der Waals surface area contributed by atoms with Crippen LogP contribution in [0.5, 0.6) is 0 Å². The summed E-state index contributed by atoms with van der Waals surface area (Å²) < 4.78 is 0. The van der Waals surface area contributed by atoms with Crippen LogP contribution in [0.2, 0.25) is 0 Å². The zero-order chi connectivity index (χ0) is 18.7. The number of hydrogen-bond acceptors (Lipinski definition) is 7. The van der Waals surface area contributed by atoms with Crippen molar-refractivity contribution in [2.75, 3.05) is 17.3 Å². The molecule has 0 saturated heterocycles. The Bertz CT molecular complexity index is 919. The van der Waals surface area contributed by atoms with Crippen LogP contribution in [0.1, 0.15) is 26.8 Å². The van der Waals surface area contributed by atoms with E-state index < -0.39 is 0 Å². The number of rotatable bonds is 5. The van der Waals surface area contributed by atoms with Gasteiger partial charge in [0.05, 0.1) is 6.20 Å². The van der Waals surface area contributed by atoms with Crippen LogP contribution in [-0.4, -0.2) is 27.9 Å². The summed E-state index contributed by atoms with van der Waals surface area (Å²) in [6.45, 7) is 4.13. The van der Waals surface area contributed by atoms with Gasteiger partial charge in [-0.2, -0.15) is 0 Å². The number of benzene rings is 1. The Hall–Kier alpha value is -2.84. The molecule has 0 bridgehead atoms. The first-order valence-electron chi connectivity index (χ1n) is 8.09. The zero-order valence-corrected chi connectivity index (χ0v) is 15.7. The third-order valence-electron chi connectivity index (χ3n) is 3.79. The molecule has 7 nitrogen and oxygen atoms in total. The molecule has 0 spiro atoms. The lowest BCUT2D eigenvalue weighted by Gasteiger charge is -2.15. The second kappa shape index (κ2) is 7.59. The van der Waals surface area contributed by atoms with E-state index in [1.807, 2.05) is 56.1 Å². The number of carbonyl (C=O) groups is 1. The molecule has 2 heterocycles. The monoisotopic (exact) mass is 368 g/mol. The number of nitrogens with two attached hydrogens (primary N) is 1. The molecule has 0 fully saturated rings. The highest BCUT2D eigenvalue weighted by molar-refractivity contribution is 7.17. The van der Waals surface area contributed by atoms with Crippen LogP contribution in [0.3, 0.4) is 0 Å². The standard InChI is InChI=1S/C18H20N6OS/c1-11-8-16(22-12(2)21-11)24(3)18-20-10-15(26-18)17(25)23-14-7-5-4-6-13(14)9-19/h4-8,10H,9,19H2,1-3H3,(H,23,25). The van der Waals surface area contributed by atoms with Gasteiger partial charge in [0, 0.05) is 31.0 Å². The highest BCUT2D eigenvalue weighted by Gasteiger charge is 2.16. The maximum Gasteiger partial charge on any atom is 0.267 e. The van der Waals surface area contributed by atoms with E-state index in [1.165, 1.54) is 11.3 Å². The van der Waals surface area contributed by atoms with Crippen LogP contribution in [0.25, 0.3) is 0 Å². The molecule has 8 heteroatoms. The van der Waals surface area contributed by atoms with Gasteiger partial charge in [-0.25, -0.2) is 15.0 Å². The van der Waals surface area contributed by atoms with Crippen molar-refractivity contribution in [1.82, 2.24) is 15.0 Å². The summed E-state index contributed by atoms with van der Waals surface area (Å²) in [6.07, 6.45) is 1.57. The summed E-state index contributed by atoms with van der Waals surface area (Å²) in [5.74, 6) is 1.22. The molecule has 1 aromatic carbocycles. The molecule has 26 heavy (non-hydrogen) atoms. The van der Waals surface area contributed by atoms with E-state index in [2.05, 4.69) is 20.3 Å². The van der Waals surface area contributed by atoms with Crippen LogP contribution in [0.4, 0.5) is 16.6 Å². The minimum Gasteiger partial charge on any atom is -0.326 e. The third kappa shape index (κ3) is 3.87. The maximum atomic E-state index is 12.5. The van der Waals surface area contributed by atoms with Gasteiger partial charge in [-0.15, -0.1) is 0 Å². The van der Waals surface area contributed by atoms with Crippen molar-refractivity contribution < 1.29 is 4.79 Å². The molecule has 134 valence electrons. The number of hydrogen-bond donors (Lipinski definition) is 2. The van der Waals surface area contributed by atoms with Crippen molar-refractivity contribution in [1.29, 1.82) is 0 Å². The lowest BCUT2D eigenvalue weighted by atomic mass is 10.2. The average molecular weight is 368 g/mol. The second-order valence-electron chi connectivity index (χ2n) is 5.80. The van der Waals surface area contributed by atoms with Gasteiger partial charge >= 0.3 is 0 Å². The van der Waals surface area contributed by atoms with Gasteiger partial charge in [-0.05, 0) is 25.5 Å². The van der Waals surface area contributed by atoms with Gasteiger partial charge in [-0.3, -0.25) is 4.79 Å². The molecule has 1 amide bonds. The summed E-state index contributed by atoms with van der Waals surface area (Å²) in [7, 11) is 1.87. The van der Waals surface area contributed by atoms with Gasteiger partial charge in [0.15, 0.2) is 5.13 Å². The first kappa shape index (κ1) is 18.0. The average Bonchev–Trinajstić information content (AvgIpc) is 3.11. The van der Waals surface area contributed by atoms with Crippen LogP contribution < -0.4 is 16.0 Å². The van der Waals surface area contributed by atoms with Crippen molar-refractivity contribution in [3.8, 4) is 0 Å². The van der Waals surface area contributed by atoms with Crippen molar-refractivity contribution in [2.45, 2.75) is 20.4 Å². The quantitative estimate of drug-likeness (QED) is 0.718. The van der Waals surface area contributed by atoms with E-state index in [0.717, 1.165) is 17.1 Å². The Morgan fingerprint density at radius 1 is 1.27 bits per heavy atom. The second-order valence-corrected chi connectivity index (χ2v) is 6.81. The van der Waals surface area contributed by atoms with Crippen molar-refractivity contribution in [3.05, 3.63) is 58.5 Å². The normalized spacial score (nSPS) is 10.6. The maximum absolute atomic E-state index is 12.5. The third-order valence-corrected chi connectivity index (χ3v) is 4.86. The fourth-order valence-corrected chi connectivity index (χ4v) is 3.28. The molecular formula is C18H20N6OS. The van der Waals surface area contributed by atoms with E-state index >= 15 is 0 Å². The summed E-state index contributed by atoms with van der Waals surface area (Å²) >= 11 is 1.30. The Balaban J connectivity index is 1.79. The lowest BCUT2D eigenvalue weighted by Crippen LogP contribution is -2.13. The molecule has 2 aromatic heterocycles. The van der Waals surface area contributed by atoms with Crippen molar-refractivity contribution in [3.63, 3.8) is 0 Å². The smallest absolute Gasteiger partial charge is 0.267 e. The summed E-state index contributed by atoms with van der Waals surface area (Å²) in [4.78, 5) is 28.0. The molecule has 3 N–H and O–H groups in total. The molecule has 0 aliphatic heterocycles. The molecule has 0 aliphatic rings. The van der Waals surface area contributed by atoms with Crippen LogP contribution in [-0.2, 0) is 6.54 Å². The predicted octanol–water partition coefficient (Wildman–Crippen LogP) is 3.03. The first-order valence-corrected chi connectivity index (χ1v) is 8.90. The Morgan fingerprint density at radius 2 is 2.04 bits per heavy atom. The number of aryl methyl sites for hydroxylation is 2. The number of amides is 1. The van der Waals surface area contributed by atoms with E-state index in [4.69, 9.17) is 5.73 Å². The number of carbonyl (C=O) groups excluding carboxylic acids is 1. The van der Waals surface area contributed by atoms with E-state index in [0.29, 0.717) is 28.1 Å². The minimum absolute atomic E-state index is 0.210. The number of nitrogens with one attached hydrogen (secondary N) is 1. The summed E-state index contributed by atoms with van der Waals surface area (Å²) in [5.41, 5.74) is 8.20. The highest BCUT2D eigenvalue weighted by Crippen LogP contribution is 2.28. The largest absolute Gasteiger partial charge is 0.326 e. The number of aromatic nitrogens is 3. The van der Waals surface area contributed by atoms with Crippen LogP contribution in [0.15, 0.2) is 36.5 Å². The Kier molecular flexibility index (Phi) is 5.24. The molecule has 0 unspecified atom stereocenters. The molecule has 0 atom stereocenters. The zero-order valence-electron chi connectivity index (χ0n) is 14.9. The summed E-state index contributed by atoms with van der Waals surface area (Å²) in [5, 5.41) is 3.58. The lowest BCUT2D eigenvalue weighted by molar-refractivity contribution is 0.103. The number of anilines is 3.